The first-order chi connectivity index (χ1) is 62.1. The summed E-state index contributed by atoms with van der Waals surface area (Å²) in [6, 6.07) is 25.6. The number of aromatic nitrogens is 2. The number of aryl methyl sites for hydroxylation is 2. The molecule has 21 heteroatoms. The molecular formula is C109H151N13O4S4+4. The van der Waals surface area contributed by atoms with E-state index >= 15 is 0 Å². The van der Waals surface area contributed by atoms with Gasteiger partial charge >= 0.3 is 23.6 Å². The zero-order valence-corrected chi connectivity index (χ0v) is 84.5. The second kappa shape index (κ2) is 49.2. The molecule has 130 heavy (non-hydrogen) atoms. The molecule has 0 aliphatic carbocycles. The Morgan fingerprint density at radius 1 is 0.492 bits per heavy atom. The standard InChI is InChI=1S/C55H74N6O2S2.C38H42N6S2.C16H33NO2/c1-54(2)45-25-23-37-59(5)52(45)57-47(54)35-29-41-39-61(7,8)40-42(30-36-48-55(3,4)46-26-24-38-60(6)53(46)58-48)51(41)65-44-33-31-43(32-34-44)56-49(64)27-21-19-17-15-13-11-9-10-12-14-16-18-20-22-28-50(62)63;1-37(2)30-11-9-21-42(5)35(30)40-32(37)19-13-26-23-44(7,8)24-27(34(26)46-29-17-15-28(16-18-29)39-25-45)14-20-33-38(3,4)31-12-10-22-43(6)36(31)41-33;17-15-13-11-9-7-5-3-1-2-4-6-8-10-12-14-16(18)19/h23-26,29-38H,9-22,27-28,39-40H2,1-8H3;9-22H,23-24H2,1-8H3;1-15,17H2,(H,18,19)/q;+2;/p+2. The predicted molar refractivity (Wildman–Crippen MR) is 555 cm³/mol. The van der Waals surface area contributed by atoms with Gasteiger partial charge in [0.2, 0.25) is 0 Å². The number of likely N-dealkylation sites (N-methyl/N-ethyl adjacent to an activating group) is 4. The van der Waals surface area contributed by atoms with Crippen molar-refractivity contribution in [3.63, 3.8) is 0 Å². The number of carboxylic acids is 2. The van der Waals surface area contributed by atoms with E-state index in [1.54, 1.807) is 11.8 Å². The Labute approximate surface area is 799 Å². The third-order valence-corrected chi connectivity index (χ3v) is 29.2. The maximum absolute atomic E-state index is 10.6. The number of fused-ring (bicyclic) bond motifs is 4. The molecule has 0 bridgehead atoms. The fraction of sp³-hybridized carbons (Fsp3) is 0.505. The summed E-state index contributed by atoms with van der Waals surface area (Å²) in [4.78, 5) is 55.7. The first-order valence-electron chi connectivity index (χ1n) is 48.1. The van der Waals surface area contributed by atoms with Crippen LogP contribution in [0.4, 0.5) is 23.0 Å². The highest BCUT2D eigenvalue weighted by Crippen LogP contribution is 2.49. The molecule has 5 N–H and O–H groups in total. The molecule has 0 fully saturated rings. The largest absolute Gasteiger partial charge is 0.481 e. The van der Waals surface area contributed by atoms with E-state index < -0.39 is 11.9 Å². The number of nitrogens with zero attached hydrogens (tertiary/aromatic N) is 11. The number of thioether (sulfide) groups is 2. The minimum absolute atomic E-state index is 0.181. The van der Waals surface area contributed by atoms with Crippen LogP contribution in [-0.2, 0) is 34.5 Å². The zero-order valence-electron chi connectivity index (χ0n) is 81.3. The maximum Gasteiger partial charge on any atom is 0.327 e. The molecule has 10 heterocycles. The highest BCUT2D eigenvalue weighted by Gasteiger charge is 2.45. The smallest absolute Gasteiger partial charge is 0.327 e. The van der Waals surface area contributed by atoms with Crippen LogP contribution in [0.15, 0.2) is 260 Å². The number of aliphatic imine (C=N–C) groups is 5. The molecule has 0 radical (unpaired) electrons. The Bertz CT molecular complexity index is 5220. The number of hydrogen-bond donors (Lipinski definition) is 4. The Kier molecular flexibility index (Phi) is 39.1. The number of hydrogen-bond acceptors (Lipinski definition) is 14. The summed E-state index contributed by atoms with van der Waals surface area (Å²) in [6.07, 6.45) is 70.3. The lowest BCUT2D eigenvalue weighted by atomic mass is 9.81. The van der Waals surface area contributed by atoms with E-state index in [4.69, 9.17) is 60.4 Å². The summed E-state index contributed by atoms with van der Waals surface area (Å²) in [7, 11) is 17.6. The number of rotatable bonds is 44. The molecule has 0 saturated carbocycles. The van der Waals surface area contributed by atoms with Crippen LogP contribution in [0.25, 0.3) is 0 Å². The van der Waals surface area contributed by atoms with Gasteiger partial charge in [0.1, 0.15) is 37.9 Å². The Morgan fingerprint density at radius 2 is 0.846 bits per heavy atom. The Morgan fingerprint density at radius 3 is 1.19 bits per heavy atom. The number of thiocarbonyl (C=S) groups is 2. The molecule has 0 unspecified atom stereocenters. The second-order valence-electron chi connectivity index (χ2n) is 39.9. The van der Waals surface area contributed by atoms with Gasteiger partial charge in [0.25, 0.3) is 0 Å². The highest BCUT2D eigenvalue weighted by atomic mass is 32.2. The number of nitrogens with two attached hydrogens (primary N) is 1. The lowest BCUT2D eigenvalue weighted by Crippen LogP contribution is -2.45. The number of amidine groups is 2. The lowest BCUT2D eigenvalue weighted by molar-refractivity contribution is -0.881. The normalized spacial score (nSPS) is 19.3. The number of unbranched alkanes of at least 4 members (excludes halogenated alkanes) is 25. The molecule has 696 valence electrons. The van der Waals surface area contributed by atoms with Crippen LogP contribution in [0, 0.1) is 10.8 Å². The molecule has 0 amide bonds. The van der Waals surface area contributed by atoms with Crippen LogP contribution in [0.5, 0.6) is 0 Å². The molecule has 2 aromatic carbocycles. The Hall–Kier alpha value is -8.89. The van der Waals surface area contributed by atoms with Crippen molar-refractivity contribution in [3.05, 3.63) is 236 Å². The quantitative estimate of drug-likeness (QED) is 0.0108. The minimum Gasteiger partial charge on any atom is -0.481 e. The monoisotopic (exact) mass is 1830 g/mol. The first kappa shape index (κ1) is 103. The lowest BCUT2D eigenvalue weighted by Gasteiger charge is -2.37. The topological polar surface area (TPSA) is 189 Å². The molecule has 2 aromatic heterocycles. The number of carboxylic acid groups (broad SMARTS) is 2. The number of allylic oxidation sites excluding steroid dienone is 12. The van der Waals surface area contributed by atoms with Crippen LogP contribution in [0.2, 0.25) is 0 Å². The van der Waals surface area contributed by atoms with E-state index in [0.29, 0.717) is 12.8 Å². The van der Waals surface area contributed by atoms with Crippen molar-refractivity contribution in [1.82, 2.24) is 9.80 Å². The van der Waals surface area contributed by atoms with Gasteiger partial charge in [-0.25, -0.2) is 19.1 Å². The van der Waals surface area contributed by atoms with Crippen molar-refractivity contribution in [2.24, 2.45) is 55.6 Å². The van der Waals surface area contributed by atoms with Gasteiger partial charge in [-0.05, 0) is 210 Å². The Balaban J connectivity index is 0.000000233. The summed E-state index contributed by atoms with van der Waals surface area (Å²) < 4.78 is 5.93. The van der Waals surface area contributed by atoms with Crippen molar-refractivity contribution >= 4 is 116 Å². The summed E-state index contributed by atoms with van der Waals surface area (Å²) in [5, 5.41) is 23.2. The van der Waals surface area contributed by atoms with Gasteiger partial charge in [-0.15, -0.1) is 0 Å². The molecule has 12 rings (SSSR count). The number of carbonyl (C=O) groups is 2. The number of aliphatic carboxylic acids is 2. The van der Waals surface area contributed by atoms with Crippen LogP contribution in [-0.4, -0.2) is 149 Å². The van der Waals surface area contributed by atoms with Crippen molar-refractivity contribution in [1.29, 1.82) is 0 Å². The zero-order chi connectivity index (χ0) is 93.7. The average molecular weight is 1840 g/mol. The minimum atomic E-state index is -0.672. The van der Waals surface area contributed by atoms with Crippen LogP contribution in [0.1, 0.15) is 259 Å². The fourth-order valence-electron chi connectivity index (χ4n) is 18.4. The maximum atomic E-state index is 10.6. The average Bonchev–Trinajstić information content (AvgIpc) is 1.39. The van der Waals surface area contributed by atoms with E-state index in [-0.39, 0.29) is 21.7 Å². The first-order valence-corrected chi connectivity index (χ1v) is 50.5. The van der Waals surface area contributed by atoms with E-state index in [1.165, 1.54) is 201 Å². The van der Waals surface area contributed by atoms with E-state index in [2.05, 4.69) is 305 Å². The summed E-state index contributed by atoms with van der Waals surface area (Å²) in [5.74, 6) is 2.78. The fourth-order valence-corrected chi connectivity index (χ4v) is 20.8. The van der Waals surface area contributed by atoms with Gasteiger partial charge < -0.3 is 40.0 Å². The van der Waals surface area contributed by atoms with E-state index in [9.17, 15) is 9.59 Å². The summed E-state index contributed by atoms with van der Waals surface area (Å²) >= 11 is 14.3. The van der Waals surface area contributed by atoms with Gasteiger partial charge in [-0.3, -0.25) is 9.59 Å². The number of pyridine rings is 2. The van der Waals surface area contributed by atoms with Gasteiger partial charge in [-0.1, -0.05) is 235 Å². The van der Waals surface area contributed by atoms with E-state index in [0.717, 1.165) is 148 Å². The summed E-state index contributed by atoms with van der Waals surface area (Å²) in [6.45, 7) is 22.7. The predicted octanol–water partition coefficient (Wildman–Crippen LogP) is 25.7. The molecule has 8 aliphatic heterocycles. The SMILES string of the molecule is CN1C=CC=C2C1=NC(=CC=C1C[N+](C)(C)CC(C=CC3=Nc4c(ccc[n+]4C)C3(C)C)=C1Sc1ccc(N=C=S)cc1)C2(C)C.CN1C=CC=C2C1=NC(=CC=C1C[N+](C)(C)CC(C=CC3=Nc4c(ccc[n+]4C)C3(C)C)=C1Sc1ccc(NC(=S)CCCCCCCCCCCCCCCCC(=O)O)cc1)C2(C)C.NCCCCCCCCCCCCCCCC(=O)O. The third kappa shape index (κ3) is 29.6. The number of anilines is 1. The molecule has 8 aliphatic rings. The molecular weight excluding hydrogens is 1680 g/mol. The highest BCUT2D eigenvalue weighted by molar-refractivity contribution is 8.03. The van der Waals surface area contributed by atoms with Gasteiger partial charge in [0.05, 0.1) is 104 Å². The molecule has 0 saturated heterocycles. The summed E-state index contributed by atoms with van der Waals surface area (Å²) in [5.41, 5.74) is 21.1. The molecule has 17 nitrogen and oxygen atoms in total. The molecule has 0 spiro atoms. The van der Waals surface area contributed by atoms with Gasteiger partial charge in [0, 0.05) is 109 Å². The third-order valence-electron chi connectivity index (χ3n) is 26.3. The molecule has 4 aromatic rings. The number of nitrogens with one attached hydrogen (secondary N) is 1. The van der Waals surface area contributed by atoms with Crippen LogP contribution < -0.4 is 20.2 Å². The van der Waals surface area contributed by atoms with Crippen molar-refractivity contribution < 1.29 is 37.9 Å². The number of quaternary nitrogens is 2. The van der Waals surface area contributed by atoms with Crippen molar-refractivity contribution in [2.75, 3.05) is 80.3 Å². The van der Waals surface area contributed by atoms with Crippen LogP contribution >= 0.6 is 48.0 Å². The second-order valence-corrected chi connectivity index (χ2v) is 42.7. The number of isothiocyanates is 1. The van der Waals surface area contributed by atoms with Crippen molar-refractivity contribution in [2.45, 2.75) is 269 Å². The van der Waals surface area contributed by atoms with E-state index in [1.807, 2.05) is 23.9 Å². The van der Waals surface area contributed by atoms with Gasteiger partial charge in [-0.2, -0.15) is 4.99 Å². The number of benzene rings is 2. The molecule has 0 atom stereocenters. The van der Waals surface area contributed by atoms with Gasteiger partial charge in [0.15, 0.2) is 11.4 Å². The van der Waals surface area contributed by atoms with Crippen molar-refractivity contribution in [3.8, 4) is 0 Å². The van der Waals surface area contributed by atoms with Crippen LogP contribution in [0.3, 0.4) is 0 Å².